The van der Waals surface area contributed by atoms with Crippen molar-refractivity contribution in [2.45, 2.75) is 19.9 Å². The van der Waals surface area contributed by atoms with Gasteiger partial charge in [-0.15, -0.1) is 0 Å². The summed E-state index contributed by atoms with van der Waals surface area (Å²) in [6.07, 6.45) is 0.706. The lowest BCUT2D eigenvalue weighted by atomic mass is 10.1. The van der Waals surface area contributed by atoms with E-state index in [2.05, 4.69) is 0 Å². The smallest absolute Gasteiger partial charge is 0.336 e. The number of carbonyl (C=O) groups is 1. The van der Waals surface area contributed by atoms with E-state index >= 15 is 0 Å². The molecule has 1 amide bonds. The van der Waals surface area contributed by atoms with Crippen LogP contribution in [0.5, 0.6) is 11.5 Å². The zero-order valence-electron chi connectivity index (χ0n) is 16.5. The topological polar surface area (TPSA) is 69.0 Å². The van der Waals surface area contributed by atoms with Crippen LogP contribution >= 0.6 is 0 Å². The number of likely N-dealkylation sites (N-methyl/N-ethyl adjacent to an activating group) is 1. The van der Waals surface area contributed by atoms with Gasteiger partial charge in [-0.1, -0.05) is 13.0 Å². The first-order valence-corrected chi connectivity index (χ1v) is 9.17. The van der Waals surface area contributed by atoms with E-state index in [1.807, 2.05) is 6.92 Å². The standard InChI is InChI=1S/C22H22FNO5/c1-4-15-10-22(26)29-20-11-16(6-7-17(15)20)28-13-21(25)24(2)12-14-5-8-19(27-3)18(23)9-14/h5-11H,4,12-13H2,1-3H3. The number of rotatable bonds is 7. The lowest BCUT2D eigenvalue weighted by Crippen LogP contribution is -2.31. The Labute approximate surface area is 167 Å². The molecule has 3 aromatic rings. The summed E-state index contributed by atoms with van der Waals surface area (Å²) in [6.45, 7) is 2.00. The number of hydrogen-bond acceptors (Lipinski definition) is 5. The van der Waals surface area contributed by atoms with Gasteiger partial charge in [0, 0.05) is 31.1 Å². The molecular weight excluding hydrogens is 377 g/mol. The molecule has 0 N–H and O–H groups in total. The van der Waals surface area contributed by atoms with E-state index in [9.17, 15) is 14.0 Å². The number of hydrogen-bond donors (Lipinski definition) is 0. The highest BCUT2D eigenvalue weighted by molar-refractivity contribution is 5.82. The minimum absolute atomic E-state index is 0.153. The highest BCUT2D eigenvalue weighted by atomic mass is 19.1. The summed E-state index contributed by atoms with van der Waals surface area (Å²) >= 11 is 0. The molecule has 152 valence electrons. The van der Waals surface area contributed by atoms with Gasteiger partial charge in [-0.25, -0.2) is 9.18 Å². The number of ether oxygens (including phenoxy) is 2. The minimum Gasteiger partial charge on any atom is -0.494 e. The molecule has 0 atom stereocenters. The maximum atomic E-state index is 13.8. The van der Waals surface area contributed by atoms with Crippen LogP contribution < -0.4 is 15.1 Å². The lowest BCUT2D eigenvalue weighted by Gasteiger charge is -2.18. The van der Waals surface area contributed by atoms with Crippen molar-refractivity contribution in [3.8, 4) is 11.5 Å². The summed E-state index contributed by atoms with van der Waals surface area (Å²) in [6, 6.07) is 11.2. The van der Waals surface area contributed by atoms with Crippen LogP contribution in [-0.2, 0) is 17.8 Å². The van der Waals surface area contributed by atoms with Crippen LogP contribution in [0.3, 0.4) is 0 Å². The van der Waals surface area contributed by atoms with Crippen LogP contribution in [0.15, 0.2) is 51.7 Å². The van der Waals surface area contributed by atoms with Gasteiger partial charge in [0.25, 0.3) is 5.91 Å². The molecule has 1 heterocycles. The average molecular weight is 399 g/mol. The van der Waals surface area contributed by atoms with Gasteiger partial charge in [-0.05, 0) is 41.8 Å². The van der Waals surface area contributed by atoms with Crippen LogP contribution in [0.4, 0.5) is 4.39 Å². The predicted molar refractivity (Wildman–Crippen MR) is 107 cm³/mol. The van der Waals surface area contributed by atoms with E-state index in [0.717, 1.165) is 10.9 Å². The Bertz CT molecular complexity index is 1090. The molecule has 0 aliphatic heterocycles. The number of aryl methyl sites for hydroxylation is 1. The van der Waals surface area contributed by atoms with Gasteiger partial charge in [0.1, 0.15) is 11.3 Å². The number of amides is 1. The third-order valence-corrected chi connectivity index (χ3v) is 4.61. The summed E-state index contributed by atoms with van der Waals surface area (Å²) < 4.78 is 29.5. The summed E-state index contributed by atoms with van der Waals surface area (Å²) in [5.41, 5.74) is 1.53. The van der Waals surface area contributed by atoms with Gasteiger partial charge in [0.05, 0.1) is 7.11 Å². The molecule has 29 heavy (non-hydrogen) atoms. The van der Waals surface area contributed by atoms with E-state index in [1.54, 1.807) is 31.3 Å². The molecule has 3 rings (SSSR count). The van der Waals surface area contributed by atoms with Crippen molar-refractivity contribution < 1.29 is 23.1 Å². The van der Waals surface area contributed by atoms with E-state index in [4.69, 9.17) is 13.9 Å². The SMILES string of the molecule is CCc1cc(=O)oc2cc(OCC(=O)N(C)Cc3ccc(OC)c(F)c3)ccc12. The van der Waals surface area contributed by atoms with Crippen LogP contribution in [-0.4, -0.2) is 31.6 Å². The van der Waals surface area contributed by atoms with Crippen molar-refractivity contribution in [1.82, 2.24) is 4.90 Å². The normalized spacial score (nSPS) is 10.8. The fourth-order valence-corrected chi connectivity index (χ4v) is 3.02. The molecule has 0 unspecified atom stereocenters. The number of fused-ring (bicyclic) bond motifs is 1. The zero-order valence-corrected chi connectivity index (χ0v) is 16.5. The average Bonchev–Trinajstić information content (AvgIpc) is 2.71. The molecule has 0 bridgehead atoms. The Morgan fingerprint density at radius 3 is 2.66 bits per heavy atom. The minimum atomic E-state index is -0.480. The van der Waals surface area contributed by atoms with Crippen LogP contribution in [0.2, 0.25) is 0 Å². The first kappa shape index (κ1) is 20.4. The van der Waals surface area contributed by atoms with Gasteiger partial charge in [-0.3, -0.25) is 4.79 Å². The number of methoxy groups -OCH3 is 1. The molecule has 0 aliphatic rings. The van der Waals surface area contributed by atoms with Crippen LogP contribution in [0, 0.1) is 5.82 Å². The molecule has 7 heteroatoms. The monoisotopic (exact) mass is 399 g/mol. The number of halogens is 1. The third-order valence-electron chi connectivity index (χ3n) is 4.61. The van der Waals surface area contributed by atoms with Crippen LogP contribution in [0.25, 0.3) is 11.0 Å². The van der Waals surface area contributed by atoms with E-state index < -0.39 is 11.4 Å². The van der Waals surface area contributed by atoms with E-state index in [-0.39, 0.29) is 24.8 Å². The maximum absolute atomic E-state index is 13.8. The summed E-state index contributed by atoms with van der Waals surface area (Å²) in [5, 5.41) is 0.837. The Morgan fingerprint density at radius 1 is 1.17 bits per heavy atom. The van der Waals surface area contributed by atoms with Gasteiger partial charge < -0.3 is 18.8 Å². The van der Waals surface area contributed by atoms with Crippen LogP contribution in [0.1, 0.15) is 18.1 Å². The quantitative estimate of drug-likeness (QED) is 0.569. The van der Waals surface area contributed by atoms with E-state index in [1.165, 1.54) is 30.2 Å². The molecule has 6 nitrogen and oxygen atoms in total. The Hall–Kier alpha value is -3.35. The van der Waals surface area contributed by atoms with Crippen molar-refractivity contribution >= 4 is 16.9 Å². The van der Waals surface area contributed by atoms with E-state index in [0.29, 0.717) is 23.3 Å². The lowest BCUT2D eigenvalue weighted by molar-refractivity contribution is -0.132. The molecule has 0 aliphatic carbocycles. The molecular formula is C22H22FNO5. The molecule has 0 fully saturated rings. The van der Waals surface area contributed by atoms with Gasteiger partial charge in [0.15, 0.2) is 18.2 Å². The van der Waals surface area contributed by atoms with Crippen molar-refractivity contribution in [2.24, 2.45) is 0 Å². The number of benzene rings is 2. The van der Waals surface area contributed by atoms with Crippen molar-refractivity contribution in [3.63, 3.8) is 0 Å². The Balaban J connectivity index is 1.65. The predicted octanol–water partition coefficient (Wildman–Crippen LogP) is 3.54. The molecule has 2 aromatic carbocycles. The highest BCUT2D eigenvalue weighted by Gasteiger charge is 2.13. The molecule has 0 spiro atoms. The number of nitrogens with zero attached hydrogens (tertiary/aromatic N) is 1. The first-order valence-electron chi connectivity index (χ1n) is 9.17. The second-order valence-corrected chi connectivity index (χ2v) is 6.61. The maximum Gasteiger partial charge on any atom is 0.336 e. The molecule has 0 saturated carbocycles. The summed E-state index contributed by atoms with van der Waals surface area (Å²) in [4.78, 5) is 25.5. The highest BCUT2D eigenvalue weighted by Crippen LogP contribution is 2.23. The first-order chi connectivity index (χ1) is 13.9. The second-order valence-electron chi connectivity index (χ2n) is 6.61. The zero-order chi connectivity index (χ0) is 21.0. The molecule has 1 aromatic heterocycles. The third kappa shape index (κ3) is 4.74. The molecule has 0 radical (unpaired) electrons. The number of carbonyl (C=O) groups excluding carboxylic acids is 1. The van der Waals surface area contributed by atoms with Crippen molar-refractivity contribution in [2.75, 3.05) is 20.8 Å². The molecule has 0 saturated heterocycles. The van der Waals surface area contributed by atoms with Gasteiger partial charge in [0.2, 0.25) is 0 Å². The Kier molecular flexibility index (Phi) is 6.16. The fourth-order valence-electron chi connectivity index (χ4n) is 3.02. The van der Waals surface area contributed by atoms with Gasteiger partial charge >= 0.3 is 5.63 Å². The summed E-state index contributed by atoms with van der Waals surface area (Å²) in [7, 11) is 3.01. The second kappa shape index (κ2) is 8.77. The Morgan fingerprint density at radius 2 is 1.97 bits per heavy atom. The van der Waals surface area contributed by atoms with Crippen molar-refractivity contribution in [3.05, 3.63) is 69.8 Å². The van der Waals surface area contributed by atoms with Gasteiger partial charge in [-0.2, -0.15) is 0 Å². The summed E-state index contributed by atoms with van der Waals surface area (Å²) in [5.74, 6) is -0.178. The fraction of sp³-hybridized carbons (Fsp3) is 0.273. The largest absolute Gasteiger partial charge is 0.494 e. The van der Waals surface area contributed by atoms with Crippen molar-refractivity contribution in [1.29, 1.82) is 0 Å².